The van der Waals surface area contributed by atoms with Gasteiger partial charge in [0, 0.05) is 0 Å². The van der Waals surface area contributed by atoms with Gasteiger partial charge in [0.25, 0.3) is 0 Å². The van der Waals surface area contributed by atoms with Crippen LogP contribution in [0.3, 0.4) is 0 Å². The highest BCUT2D eigenvalue weighted by molar-refractivity contribution is 5.74. The number of hydrogen-bond donors (Lipinski definition) is 2. The molecule has 2 rings (SSSR count). The molecule has 17 heteroatoms. The van der Waals surface area contributed by atoms with Gasteiger partial charge in [-0.05, 0) is 0 Å². The molecule has 0 aromatic rings. The summed E-state index contributed by atoms with van der Waals surface area (Å²) in [7, 11) is 0. The van der Waals surface area contributed by atoms with Gasteiger partial charge in [-0.15, -0.1) is 0 Å². The van der Waals surface area contributed by atoms with Crippen LogP contribution in [0.4, 0.5) is 0 Å². The molecule has 304 valence electrons. The van der Waals surface area contributed by atoms with Crippen molar-refractivity contribution in [3.05, 3.63) is 0 Å². The molecule has 2 aliphatic rings. The van der Waals surface area contributed by atoms with Crippen LogP contribution in [0.1, 0.15) is 83.1 Å². The average molecular weight is 763 g/mol. The summed E-state index contributed by atoms with van der Waals surface area (Å²) < 4.78 is 52.0. The molecule has 0 spiro atoms. The van der Waals surface area contributed by atoms with Crippen molar-refractivity contribution in [3.8, 4) is 0 Å². The van der Waals surface area contributed by atoms with E-state index in [4.69, 9.17) is 42.6 Å². The van der Waals surface area contributed by atoms with Crippen molar-refractivity contribution in [1.82, 2.24) is 0 Å². The standard InChI is InChI=1S/C36H58O17/c1-16(2)29(39)45-13-22-24(37)27(50-33(43)20(9)10)25(38)35(48-22)53-36(15-47-31(41)18(5)6)28(51-34(44)21(11)12)26(49-32(42)19(7)8)23(52-36)14-46-30(40)17(3)4/h16-28,35,37-38H,13-15H2,1-12H3/t22-,23-,24-,25-,26-,27+,28+,35-,36+/m1/s1. The highest BCUT2D eigenvalue weighted by Crippen LogP contribution is 2.41. The lowest BCUT2D eigenvalue weighted by molar-refractivity contribution is -0.384. The Bertz CT molecular complexity index is 1280. The Kier molecular flexibility index (Phi) is 17.1. The van der Waals surface area contributed by atoms with Crippen molar-refractivity contribution >= 4 is 35.8 Å². The first-order valence-corrected chi connectivity index (χ1v) is 18.0. The van der Waals surface area contributed by atoms with E-state index >= 15 is 0 Å². The van der Waals surface area contributed by atoms with Gasteiger partial charge in [-0.3, -0.25) is 28.8 Å². The lowest BCUT2D eigenvalue weighted by Gasteiger charge is -2.45. The minimum Gasteiger partial charge on any atom is -0.463 e. The van der Waals surface area contributed by atoms with E-state index in [1.54, 1.807) is 55.4 Å². The van der Waals surface area contributed by atoms with E-state index in [2.05, 4.69) is 0 Å². The Hall–Kier alpha value is -3.38. The van der Waals surface area contributed by atoms with E-state index in [1.165, 1.54) is 27.7 Å². The Morgan fingerprint density at radius 2 is 0.925 bits per heavy atom. The minimum absolute atomic E-state index is 0.554. The Labute approximate surface area is 310 Å². The lowest BCUT2D eigenvalue weighted by atomic mass is 9.98. The van der Waals surface area contributed by atoms with Crippen LogP contribution in [-0.2, 0) is 71.4 Å². The molecule has 2 aliphatic heterocycles. The first-order valence-electron chi connectivity index (χ1n) is 18.0. The van der Waals surface area contributed by atoms with Gasteiger partial charge in [0.2, 0.25) is 5.79 Å². The molecule has 0 aromatic carbocycles. The van der Waals surface area contributed by atoms with Gasteiger partial charge in [0.05, 0.1) is 35.5 Å². The second-order valence-electron chi connectivity index (χ2n) is 15.1. The van der Waals surface area contributed by atoms with Gasteiger partial charge in [-0.2, -0.15) is 0 Å². The zero-order chi connectivity index (χ0) is 40.5. The molecular formula is C36H58O17. The van der Waals surface area contributed by atoms with Gasteiger partial charge in [-0.25, -0.2) is 0 Å². The van der Waals surface area contributed by atoms with E-state index in [0.29, 0.717) is 0 Å². The van der Waals surface area contributed by atoms with Crippen molar-refractivity contribution < 1.29 is 81.6 Å². The third-order valence-corrected chi connectivity index (χ3v) is 8.18. The summed E-state index contributed by atoms with van der Waals surface area (Å²) in [4.78, 5) is 76.9. The smallest absolute Gasteiger partial charge is 0.308 e. The van der Waals surface area contributed by atoms with E-state index in [1.807, 2.05) is 0 Å². The monoisotopic (exact) mass is 762 g/mol. The molecule has 2 heterocycles. The Morgan fingerprint density at radius 1 is 0.528 bits per heavy atom. The number of aliphatic hydroxyl groups excluding tert-OH is 2. The molecule has 9 atom stereocenters. The summed E-state index contributed by atoms with van der Waals surface area (Å²) in [6.45, 7) is 16.7. The Morgan fingerprint density at radius 3 is 1.38 bits per heavy atom. The molecule has 0 bridgehead atoms. The second kappa shape index (κ2) is 19.8. The number of ether oxygens (including phenoxy) is 9. The number of rotatable bonds is 17. The average Bonchev–Trinajstić information content (AvgIpc) is 3.34. The van der Waals surface area contributed by atoms with Gasteiger partial charge >= 0.3 is 35.8 Å². The van der Waals surface area contributed by atoms with E-state index in [-0.39, 0.29) is 0 Å². The van der Waals surface area contributed by atoms with E-state index < -0.39 is 146 Å². The van der Waals surface area contributed by atoms with Gasteiger partial charge < -0.3 is 52.8 Å². The van der Waals surface area contributed by atoms with Crippen LogP contribution in [-0.4, -0.2) is 121 Å². The van der Waals surface area contributed by atoms with Crippen LogP contribution < -0.4 is 0 Å². The van der Waals surface area contributed by atoms with E-state index in [9.17, 15) is 39.0 Å². The van der Waals surface area contributed by atoms with E-state index in [0.717, 1.165) is 0 Å². The molecule has 0 amide bonds. The predicted octanol–water partition coefficient (Wildman–Crippen LogP) is 1.85. The summed E-state index contributed by atoms with van der Waals surface area (Å²) in [5.74, 6) is -10.8. The summed E-state index contributed by atoms with van der Waals surface area (Å²) in [6, 6.07) is 0. The Balaban J connectivity index is 2.78. The molecule has 0 saturated carbocycles. The van der Waals surface area contributed by atoms with Crippen LogP contribution in [0.5, 0.6) is 0 Å². The number of esters is 6. The van der Waals surface area contributed by atoms with Crippen molar-refractivity contribution in [1.29, 1.82) is 0 Å². The van der Waals surface area contributed by atoms with Crippen LogP contribution in [0.2, 0.25) is 0 Å². The molecule has 17 nitrogen and oxygen atoms in total. The molecule has 0 aromatic heterocycles. The quantitative estimate of drug-likeness (QED) is 0.159. The molecule has 0 radical (unpaired) electrons. The predicted molar refractivity (Wildman–Crippen MR) is 181 cm³/mol. The number of aliphatic hydroxyl groups is 2. The number of carbonyl (C=O) groups is 6. The second-order valence-corrected chi connectivity index (χ2v) is 15.1. The fourth-order valence-electron chi connectivity index (χ4n) is 4.78. The normalized spacial score (nSPS) is 28.8. The highest BCUT2D eigenvalue weighted by atomic mass is 16.8. The maximum atomic E-state index is 13.3. The highest BCUT2D eigenvalue weighted by Gasteiger charge is 2.64. The molecule has 0 aliphatic carbocycles. The minimum atomic E-state index is -2.47. The zero-order valence-corrected chi connectivity index (χ0v) is 32.7. The third-order valence-electron chi connectivity index (χ3n) is 8.18. The molecule has 2 saturated heterocycles. The molecule has 2 fully saturated rings. The van der Waals surface area contributed by atoms with Crippen LogP contribution in [0, 0.1) is 35.5 Å². The number of hydrogen-bond acceptors (Lipinski definition) is 17. The fraction of sp³-hybridized carbons (Fsp3) is 0.833. The fourth-order valence-corrected chi connectivity index (χ4v) is 4.78. The molecular weight excluding hydrogens is 704 g/mol. The number of carbonyl (C=O) groups excluding carboxylic acids is 6. The van der Waals surface area contributed by atoms with Crippen molar-refractivity contribution in [3.63, 3.8) is 0 Å². The maximum absolute atomic E-state index is 13.3. The maximum Gasteiger partial charge on any atom is 0.308 e. The third kappa shape index (κ3) is 12.3. The van der Waals surface area contributed by atoms with Gasteiger partial charge in [-0.1, -0.05) is 83.1 Å². The van der Waals surface area contributed by atoms with Gasteiger partial charge in [0.1, 0.15) is 44.2 Å². The topological polar surface area (TPSA) is 226 Å². The van der Waals surface area contributed by atoms with Crippen molar-refractivity contribution in [2.24, 2.45) is 35.5 Å². The lowest BCUT2D eigenvalue weighted by Crippen LogP contribution is -2.64. The summed E-state index contributed by atoms with van der Waals surface area (Å²) in [5.41, 5.74) is 0. The summed E-state index contributed by atoms with van der Waals surface area (Å²) in [5, 5.41) is 22.8. The largest absolute Gasteiger partial charge is 0.463 e. The summed E-state index contributed by atoms with van der Waals surface area (Å²) in [6.07, 6.45) is -13.6. The van der Waals surface area contributed by atoms with Crippen LogP contribution in [0.15, 0.2) is 0 Å². The molecule has 0 unspecified atom stereocenters. The van der Waals surface area contributed by atoms with Crippen molar-refractivity contribution in [2.45, 2.75) is 138 Å². The van der Waals surface area contributed by atoms with Crippen LogP contribution in [0.25, 0.3) is 0 Å². The van der Waals surface area contributed by atoms with Gasteiger partial charge in [0.15, 0.2) is 24.6 Å². The molecule has 53 heavy (non-hydrogen) atoms. The first-order chi connectivity index (χ1) is 24.5. The first kappa shape index (κ1) is 45.8. The summed E-state index contributed by atoms with van der Waals surface area (Å²) >= 11 is 0. The van der Waals surface area contributed by atoms with Crippen LogP contribution >= 0.6 is 0 Å². The zero-order valence-electron chi connectivity index (χ0n) is 32.7. The van der Waals surface area contributed by atoms with Crippen molar-refractivity contribution in [2.75, 3.05) is 19.8 Å². The molecule has 2 N–H and O–H groups in total. The SMILES string of the molecule is CC(C)C(=O)OC[C@H]1O[C@H](O[C@]2(COC(=O)C(C)C)O[C@H](COC(=O)C(C)C)[C@@H](OC(=O)C(C)C)[C@@H]2OC(=O)C(C)C)[C@H](O)[C@@H](OC(=O)C(C)C)[C@@H]1O.